The largest absolute Gasteiger partial charge is 0.208 e. The average molecular weight is 651 g/mol. The van der Waals surface area contributed by atoms with Crippen LogP contribution in [0.1, 0.15) is 27.8 Å². The van der Waals surface area contributed by atoms with E-state index in [-0.39, 0.29) is 0 Å². The van der Waals surface area contributed by atoms with Crippen molar-refractivity contribution in [1.82, 2.24) is 15.0 Å². The Morgan fingerprint density at radius 2 is 0.784 bits per heavy atom. The Labute approximate surface area is 297 Å². The Morgan fingerprint density at radius 3 is 1.33 bits per heavy atom. The third-order valence-electron chi connectivity index (χ3n) is 9.83. The molecular formula is C47H30N4. The van der Waals surface area contributed by atoms with E-state index in [4.69, 9.17) is 15.0 Å². The topological polar surface area (TPSA) is 62.5 Å². The molecule has 7 aromatic carbocycles. The number of rotatable bonds is 6. The Hall–Kier alpha value is -6.96. The highest BCUT2D eigenvalue weighted by Gasteiger charge is 2.46. The predicted octanol–water partition coefficient (Wildman–Crippen LogP) is 10.8. The Kier molecular flexibility index (Phi) is 7.38. The molecule has 0 N–H and O–H groups in total. The van der Waals surface area contributed by atoms with Crippen molar-refractivity contribution in [3.63, 3.8) is 0 Å². The number of hydrogen-bond acceptors (Lipinski definition) is 4. The minimum Gasteiger partial charge on any atom is -0.208 e. The number of benzene rings is 7. The van der Waals surface area contributed by atoms with Gasteiger partial charge in [0.15, 0.2) is 17.5 Å². The molecule has 4 nitrogen and oxygen atoms in total. The number of aromatic nitrogens is 3. The summed E-state index contributed by atoms with van der Waals surface area (Å²) in [6.07, 6.45) is 0. The summed E-state index contributed by atoms with van der Waals surface area (Å²) in [5.41, 5.74) is 12.0. The molecule has 0 bridgehead atoms. The van der Waals surface area contributed by atoms with E-state index in [1.165, 1.54) is 22.3 Å². The van der Waals surface area contributed by atoms with Gasteiger partial charge in [-0.25, -0.2) is 15.0 Å². The maximum Gasteiger partial charge on any atom is 0.164 e. The van der Waals surface area contributed by atoms with Crippen molar-refractivity contribution in [3.05, 3.63) is 210 Å². The van der Waals surface area contributed by atoms with Gasteiger partial charge < -0.3 is 0 Å². The van der Waals surface area contributed by atoms with Gasteiger partial charge in [-0.1, -0.05) is 158 Å². The molecule has 0 atom stereocenters. The van der Waals surface area contributed by atoms with Crippen molar-refractivity contribution in [2.24, 2.45) is 0 Å². The second kappa shape index (κ2) is 12.5. The normalized spacial score (nSPS) is 12.5. The highest BCUT2D eigenvalue weighted by molar-refractivity contribution is 5.87. The Balaban J connectivity index is 1.29. The molecule has 0 radical (unpaired) electrons. The summed E-state index contributed by atoms with van der Waals surface area (Å²) in [5, 5.41) is 9.66. The van der Waals surface area contributed by atoms with E-state index < -0.39 is 5.41 Å². The minimum absolute atomic E-state index is 0.612. The van der Waals surface area contributed by atoms with Crippen molar-refractivity contribution < 1.29 is 0 Å². The fourth-order valence-corrected chi connectivity index (χ4v) is 7.55. The highest BCUT2D eigenvalue weighted by atomic mass is 15.0. The van der Waals surface area contributed by atoms with Gasteiger partial charge in [0.1, 0.15) is 0 Å². The van der Waals surface area contributed by atoms with E-state index in [1.807, 2.05) is 78.9 Å². The van der Waals surface area contributed by atoms with Crippen LogP contribution < -0.4 is 0 Å². The van der Waals surface area contributed by atoms with E-state index >= 15 is 0 Å². The van der Waals surface area contributed by atoms with E-state index in [0.29, 0.717) is 23.0 Å². The van der Waals surface area contributed by atoms with E-state index in [2.05, 4.69) is 109 Å². The van der Waals surface area contributed by atoms with Crippen LogP contribution in [-0.4, -0.2) is 15.0 Å². The standard InChI is InChI=1S/C47H30N4/c48-31-32-14-11-19-35(28-32)36-20-12-22-38(29-36)47(42-26-9-7-24-40(42)41-25-8-10-27-43(41)47)39-23-13-21-37(30-39)46-50-44(33-15-3-1-4-16-33)49-45(51-46)34-17-5-2-6-18-34/h1-30H. The van der Waals surface area contributed by atoms with Crippen LogP contribution in [-0.2, 0) is 5.41 Å². The lowest BCUT2D eigenvalue weighted by Gasteiger charge is -2.34. The van der Waals surface area contributed by atoms with E-state index in [1.54, 1.807) is 0 Å². The summed E-state index contributed by atoms with van der Waals surface area (Å²) in [6.45, 7) is 0. The van der Waals surface area contributed by atoms with Crippen LogP contribution in [0.4, 0.5) is 0 Å². The Morgan fingerprint density at radius 1 is 0.373 bits per heavy atom. The molecule has 0 saturated heterocycles. The fourth-order valence-electron chi connectivity index (χ4n) is 7.55. The molecular weight excluding hydrogens is 621 g/mol. The van der Waals surface area contributed by atoms with Gasteiger partial charge >= 0.3 is 0 Å². The van der Waals surface area contributed by atoms with Gasteiger partial charge in [-0.15, -0.1) is 0 Å². The molecule has 4 heteroatoms. The number of nitrogens with zero attached hydrogens (tertiary/aromatic N) is 4. The SMILES string of the molecule is N#Cc1cccc(-c2cccc(C3(c4cccc(-c5nc(-c6ccccc6)nc(-c6ccccc6)n5)c4)c4ccccc4-c4ccccc43)c2)c1. The van der Waals surface area contributed by atoms with Crippen LogP contribution >= 0.6 is 0 Å². The molecule has 1 aliphatic rings. The van der Waals surface area contributed by atoms with E-state index in [0.717, 1.165) is 38.9 Å². The monoisotopic (exact) mass is 650 g/mol. The van der Waals surface area contributed by atoms with Crippen LogP contribution in [0.25, 0.3) is 56.4 Å². The molecule has 238 valence electrons. The highest BCUT2D eigenvalue weighted by Crippen LogP contribution is 2.56. The first kappa shape index (κ1) is 30.1. The summed E-state index contributed by atoms with van der Waals surface area (Å²) in [5.74, 6) is 1.87. The first-order chi connectivity index (χ1) is 25.2. The molecule has 9 rings (SSSR count). The lowest BCUT2D eigenvalue weighted by molar-refractivity contribution is 0.769. The quantitative estimate of drug-likeness (QED) is 0.180. The van der Waals surface area contributed by atoms with Gasteiger partial charge in [0.2, 0.25) is 0 Å². The van der Waals surface area contributed by atoms with E-state index in [9.17, 15) is 5.26 Å². The van der Waals surface area contributed by atoms with Crippen LogP contribution in [0.15, 0.2) is 182 Å². The lowest BCUT2D eigenvalue weighted by Crippen LogP contribution is -2.28. The minimum atomic E-state index is -0.635. The number of fused-ring (bicyclic) bond motifs is 3. The van der Waals surface area contributed by atoms with Crippen LogP contribution in [0.5, 0.6) is 0 Å². The maximum absolute atomic E-state index is 9.66. The van der Waals surface area contributed by atoms with Crippen LogP contribution in [0.3, 0.4) is 0 Å². The van der Waals surface area contributed by atoms with Crippen molar-refractivity contribution in [2.75, 3.05) is 0 Å². The zero-order valence-corrected chi connectivity index (χ0v) is 27.6. The molecule has 0 fully saturated rings. The summed E-state index contributed by atoms with van der Waals surface area (Å²) in [6, 6.07) is 65.2. The third-order valence-corrected chi connectivity index (χ3v) is 9.83. The molecule has 0 saturated carbocycles. The van der Waals surface area contributed by atoms with Crippen molar-refractivity contribution in [3.8, 4) is 62.5 Å². The molecule has 0 spiro atoms. The van der Waals surface area contributed by atoms with Gasteiger partial charge in [-0.05, 0) is 68.8 Å². The third kappa shape index (κ3) is 5.12. The summed E-state index contributed by atoms with van der Waals surface area (Å²) < 4.78 is 0. The second-order valence-corrected chi connectivity index (χ2v) is 12.7. The molecule has 1 heterocycles. The summed E-state index contributed by atoms with van der Waals surface area (Å²) in [4.78, 5) is 15.1. The predicted molar refractivity (Wildman–Crippen MR) is 204 cm³/mol. The molecule has 8 aromatic rings. The maximum atomic E-state index is 9.66. The summed E-state index contributed by atoms with van der Waals surface area (Å²) in [7, 11) is 0. The molecule has 1 aromatic heterocycles. The zero-order chi connectivity index (χ0) is 34.2. The van der Waals surface area contributed by atoms with Crippen LogP contribution in [0, 0.1) is 11.3 Å². The van der Waals surface area contributed by atoms with Crippen molar-refractivity contribution in [2.45, 2.75) is 5.41 Å². The van der Waals surface area contributed by atoms with Gasteiger partial charge in [0, 0.05) is 16.7 Å². The molecule has 0 unspecified atom stereocenters. The molecule has 1 aliphatic carbocycles. The Bertz CT molecular complexity index is 2500. The first-order valence-electron chi connectivity index (χ1n) is 17.0. The number of hydrogen-bond donors (Lipinski definition) is 0. The number of nitriles is 1. The fraction of sp³-hybridized carbons (Fsp3) is 0.0213. The average Bonchev–Trinajstić information content (AvgIpc) is 3.52. The molecule has 51 heavy (non-hydrogen) atoms. The molecule has 0 aliphatic heterocycles. The smallest absolute Gasteiger partial charge is 0.164 e. The van der Waals surface area contributed by atoms with Crippen molar-refractivity contribution >= 4 is 0 Å². The lowest BCUT2D eigenvalue weighted by atomic mass is 9.67. The van der Waals surface area contributed by atoms with Gasteiger partial charge in [0.05, 0.1) is 17.0 Å². The first-order valence-corrected chi connectivity index (χ1v) is 17.0. The second-order valence-electron chi connectivity index (χ2n) is 12.7. The van der Waals surface area contributed by atoms with Crippen LogP contribution in [0.2, 0.25) is 0 Å². The van der Waals surface area contributed by atoms with Gasteiger partial charge in [-0.3, -0.25) is 0 Å². The zero-order valence-electron chi connectivity index (χ0n) is 27.6. The van der Waals surface area contributed by atoms with Gasteiger partial charge in [-0.2, -0.15) is 5.26 Å². The summed E-state index contributed by atoms with van der Waals surface area (Å²) >= 11 is 0. The molecule has 0 amide bonds. The van der Waals surface area contributed by atoms with Gasteiger partial charge in [0.25, 0.3) is 0 Å². The van der Waals surface area contributed by atoms with Crippen molar-refractivity contribution in [1.29, 1.82) is 5.26 Å².